The van der Waals surface area contributed by atoms with Gasteiger partial charge in [0.05, 0.1) is 13.2 Å². The lowest BCUT2D eigenvalue weighted by Gasteiger charge is -2.27. The van der Waals surface area contributed by atoms with Crippen LogP contribution in [0.5, 0.6) is 23.0 Å². The monoisotopic (exact) mass is 695 g/mol. The first-order valence-electron chi connectivity index (χ1n) is 15.7. The van der Waals surface area contributed by atoms with Crippen LogP contribution < -0.4 is 23.0 Å². The number of hydrogen-bond acceptors (Lipinski definition) is 9. The van der Waals surface area contributed by atoms with Crippen LogP contribution in [0.4, 0.5) is 5.69 Å². The molecule has 0 unspecified atom stereocenters. The van der Waals surface area contributed by atoms with E-state index in [2.05, 4.69) is 0 Å². The molecule has 0 spiro atoms. The van der Waals surface area contributed by atoms with Gasteiger partial charge in [-0.15, -0.1) is 0 Å². The SMILES string of the molecule is O=P(OCCN(CCOP(=O)(Oc1ccccc1)Oc1ccccc1)c1ccc2ccccc2c1)(Oc1ccccc1)Oc1ccccc1. The van der Waals surface area contributed by atoms with Crippen LogP contribution in [0.1, 0.15) is 0 Å². The number of rotatable bonds is 17. The molecule has 9 nitrogen and oxygen atoms in total. The summed E-state index contributed by atoms with van der Waals surface area (Å²) in [5.74, 6) is 1.37. The van der Waals surface area contributed by atoms with Crippen LogP contribution in [0.15, 0.2) is 164 Å². The Morgan fingerprint density at radius 3 is 1.14 bits per heavy atom. The van der Waals surface area contributed by atoms with Gasteiger partial charge in [-0.2, -0.15) is 0 Å². The summed E-state index contributed by atoms with van der Waals surface area (Å²) in [5.41, 5.74) is 0.844. The molecule has 0 saturated heterocycles. The van der Waals surface area contributed by atoms with Gasteiger partial charge in [0.15, 0.2) is 0 Å². The number of para-hydroxylation sites is 4. The van der Waals surface area contributed by atoms with Gasteiger partial charge in [-0.3, -0.25) is 9.05 Å². The number of phosphoric acid groups is 2. The van der Waals surface area contributed by atoms with Crippen molar-refractivity contribution in [3.05, 3.63) is 164 Å². The van der Waals surface area contributed by atoms with Crippen molar-refractivity contribution in [2.24, 2.45) is 0 Å². The first kappa shape index (κ1) is 33.8. The van der Waals surface area contributed by atoms with Crippen molar-refractivity contribution in [2.45, 2.75) is 0 Å². The number of fused-ring (bicyclic) bond motifs is 1. The van der Waals surface area contributed by atoms with Gasteiger partial charge < -0.3 is 23.0 Å². The second-order valence-electron chi connectivity index (χ2n) is 10.7. The minimum absolute atomic E-state index is 0.0392. The lowest BCUT2D eigenvalue weighted by molar-refractivity contribution is 0.205. The first-order chi connectivity index (χ1) is 24.0. The number of anilines is 1. The zero-order valence-electron chi connectivity index (χ0n) is 26.5. The van der Waals surface area contributed by atoms with E-state index in [1.807, 2.05) is 71.6 Å². The van der Waals surface area contributed by atoms with Crippen LogP contribution in [-0.4, -0.2) is 26.3 Å². The molecule has 49 heavy (non-hydrogen) atoms. The Labute approximate surface area is 285 Å². The molecular weight excluding hydrogens is 660 g/mol. The molecule has 6 aromatic rings. The number of phosphoric ester groups is 2. The van der Waals surface area contributed by atoms with Crippen LogP contribution in [0.3, 0.4) is 0 Å². The third-order valence-electron chi connectivity index (χ3n) is 7.16. The van der Waals surface area contributed by atoms with Gasteiger partial charge in [-0.1, -0.05) is 103 Å². The predicted molar refractivity (Wildman–Crippen MR) is 192 cm³/mol. The minimum Gasteiger partial charge on any atom is -0.395 e. The van der Waals surface area contributed by atoms with Crippen LogP contribution in [0.25, 0.3) is 10.8 Å². The molecule has 0 aliphatic rings. The summed E-state index contributed by atoms with van der Waals surface area (Å²) in [6, 6.07) is 48.9. The van der Waals surface area contributed by atoms with E-state index >= 15 is 0 Å². The van der Waals surface area contributed by atoms with Gasteiger partial charge in [0.2, 0.25) is 0 Å². The molecule has 0 saturated carbocycles. The van der Waals surface area contributed by atoms with Crippen LogP contribution in [-0.2, 0) is 18.2 Å². The maximum Gasteiger partial charge on any atom is 0.587 e. The zero-order valence-corrected chi connectivity index (χ0v) is 28.3. The zero-order chi connectivity index (χ0) is 33.8. The Morgan fingerprint density at radius 2 is 0.755 bits per heavy atom. The van der Waals surface area contributed by atoms with E-state index in [4.69, 9.17) is 27.1 Å². The number of hydrogen-bond donors (Lipinski definition) is 0. The molecule has 0 aliphatic heterocycles. The van der Waals surface area contributed by atoms with Crippen LogP contribution in [0.2, 0.25) is 0 Å². The van der Waals surface area contributed by atoms with Gasteiger partial charge in [-0.25, -0.2) is 9.13 Å². The molecule has 11 heteroatoms. The molecule has 6 aromatic carbocycles. The molecule has 0 atom stereocenters. The van der Waals surface area contributed by atoms with Gasteiger partial charge in [0, 0.05) is 18.8 Å². The average Bonchev–Trinajstić information content (AvgIpc) is 3.12. The third kappa shape index (κ3) is 9.99. The summed E-state index contributed by atoms with van der Waals surface area (Å²) in [6.45, 7) is 0.432. The molecule has 0 amide bonds. The summed E-state index contributed by atoms with van der Waals surface area (Å²) >= 11 is 0. The van der Waals surface area contributed by atoms with E-state index in [1.165, 1.54) is 0 Å². The fourth-order valence-electron chi connectivity index (χ4n) is 4.85. The second-order valence-corrected chi connectivity index (χ2v) is 13.7. The topological polar surface area (TPSA) is 92.8 Å². The quantitative estimate of drug-likeness (QED) is 0.0865. The van der Waals surface area contributed by atoms with E-state index in [1.54, 1.807) is 97.1 Å². The Hall–Kier alpha value is -5.04. The van der Waals surface area contributed by atoms with Crippen molar-refractivity contribution in [3.8, 4) is 23.0 Å². The summed E-state index contributed by atoms with van der Waals surface area (Å²) in [4.78, 5) is 1.97. The van der Waals surface area contributed by atoms with Gasteiger partial charge in [-0.05, 0) is 71.4 Å². The van der Waals surface area contributed by atoms with Crippen molar-refractivity contribution >= 4 is 32.1 Å². The fourth-order valence-corrected chi connectivity index (χ4v) is 7.27. The van der Waals surface area contributed by atoms with Gasteiger partial charge in [0.25, 0.3) is 0 Å². The molecule has 6 rings (SSSR count). The summed E-state index contributed by atoms with van der Waals surface area (Å²) in [7, 11) is -8.25. The molecule has 0 aromatic heterocycles. The Kier molecular flexibility index (Phi) is 11.3. The summed E-state index contributed by atoms with van der Waals surface area (Å²) < 4.78 is 62.9. The third-order valence-corrected chi connectivity index (χ3v) is 9.90. The smallest absolute Gasteiger partial charge is 0.395 e. The second kappa shape index (κ2) is 16.4. The molecule has 0 fully saturated rings. The molecule has 0 N–H and O–H groups in total. The van der Waals surface area contributed by atoms with Crippen molar-refractivity contribution in [1.82, 2.24) is 0 Å². The van der Waals surface area contributed by atoms with Crippen LogP contribution >= 0.6 is 15.6 Å². The maximum absolute atomic E-state index is 14.0. The van der Waals surface area contributed by atoms with Crippen molar-refractivity contribution in [3.63, 3.8) is 0 Å². The van der Waals surface area contributed by atoms with Crippen LogP contribution in [0, 0.1) is 0 Å². The molecule has 0 heterocycles. The number of nitrogens with zero attached hydrogens (tertiary/aromatic N) is 1. The fraction of sp³-hybridized carbons (Fsp3) is 0.105. The molecule has 0 bridgehead atoms. The normalized spacial score (nSPS) is 11.5. The first-order valence-corrected chi connectivity index (χ1v) is 18.6. The minimum atomic E-state index is -4.12. The van der Waals surface area contributed by atoms with E-state index in [0.29, 0.717) is 23.0 Å². The lowest BCUT2D eigenvalue weighted by Crippen LogP contribution is -2.31. The van der Waals surface area contributed by atoms with E-state index in [0.717, 1.165) is 16.5 Å². The Balaban J connectivity index is 1.20. The van der Waals surface area contributed by atoms with Crippen molar-refractivity contribution in [2.75, 3.05) is 31.2 Å². The van der Waals surface area contributed by atoms with E-state index in [-0.39, 0.29) is 26.3 Å². The van der Waals surface area contributed by atoms with Gasteiger partial charge >= 0.3 is 15.6 Å². The highest BCUT2D eigenvalue weighted by Gasteiger charge is 2.33. The number of benzene rings is 6. The largest absolute Gasteiger partial charge is 0.587 e. The molecular formula is C38H35NO8P2. The highest BCUT2D eigenvalue weighted by atomic mass is 31.2. The molecule has 0 aliphatic carbocycles. The Bertz CT molecular complexity index is 1800. The van der Waals surface area contributed by atoms with E-state index in [9.17, 15) is 9.13 Å². The van der Waals surface area contributed by atoms with Gasteiger partial charge in [0.1, 0.15) is 23.0 Å². The van der Waals surface area contributed by atoms with E-state index < -0.39 is 15.6 Å². The maximum atomic E-state index is 14.0. The molecule has 250 valence electrons. The molecule has 0 radical (unpaired) electrons. The summed E-state index contributed by atoms with van der Waals surface area (Å²) in [5, 5.41) is 2.11. The standard InChI is InChI=1S/C38H35NO8P2/c40-48(44-35-17-5-1-6-18-35,45-36-19-7-2-8-20-36)42-29-27-39(34-26-25-32-15-13-14-16-33(32)31-34)28-30-43-49(41,46-37-21-9-3-10-22-37)47-38-23-11-4-12-24-38/h1-26,31H,27-30H2. The highest BCUT2D eigenvalue weighted by molar-refractivity contribution is 7.49. The Morgan fingerprint density at radius 1 is 0.408 bits per heavy atom. The predicted octanol–water partition coefficient (Wildman–Crippen LogP) is 10.2. The van der Waals surface area contributed by atoms with Crippen molar-refractivity contribution < 1.29 is 36.3 Å². The lowest BCUT2D eigenvalue weighted by atomic mass is 10.1. The van der Waals surface area contributed by atoms with Crippen molar-refractivity contribution in [1.29, 1.82) is 0 Å². The highest BCUT2D eigenvalue weighted by Crippen LogP contribution is 2.50. The average molecular weight is 696 g/mol. The summed E-state index contributed by atoms with van der Waals surface area (Å²) in [6.07, 6.45) is 0.